The molecule has 1 amide bonds. The molecule has 4 aromatic rings. The lowest BCUT2D eigenvalue weighted by atomic mass is 9.98. The van der Waals surface area contributed by atoms with Gasteiger partial charge in [0.1, 0.15) is 11.4 Å². The highest BCUT2D eigenvalue weighted by Crippen LogP contribution is 2.34. The number of likely N-dealkylation sites (tertiary alicyclic amines) is 1. The molecule has 142 valence electrons. The fraction of sp³-hybridized carbons (Fsp3) is 0.273. The molecule has 3 heterocycles. The summed E-state index contributed by atoms with van der Waals surface area (Å²) in [7, 11) is 0. The summed E-state index contributed by atoms with van der Waals surface area (Å²) in [5.74, 6) is 0.0898. The highest BCUT2D eigenvalue weighted by atomic mass is 32.1. The van der Waals surface area contributed by atoms with E-state index in [4.69, 9.17) is 9.40 Å². The van der Waals surface area contributed by atoms with Crippen molar-refractivity contribution < 1.29 is 13.6 Å². The largest absolute Gasteiger partial charge is 0.451 e. The molecule has 2 aromatic heterocycles. The van der Waals surface area contributed by atoms with Gasteiger partial charge in [0, 0.05) is 30.0 Å². The molecule has 4 nitrogen and oxygen atoms in total. The van der Waals surface area contributed by atoms with Crippen LogP contribution in [-0.2, 0) is 0 Å². The van der Waals surface area contributed by atoms with Crippen LogP contribution in [0.4, 0.5) is 4.39 Å². The molecule has 0 saturated carbocycles. The summed E-state index contributed by atoms with van der Waals surface area (Å²) in [6, 6.07) is 12.5. The van der Waals surface area contributed by atoms with Gasteiger partial charge in [-0.3, -0.25) is 4.79 Å². The first-order valence-electron chi connectivity index (χ1n) is 9.43. The third kappa shape index (κ3) is 2.88. The Labute approximate surface area is 165 Å². The number of fused-ring (bicyclic) bond motifs is 2. The van der Waals surface area contributed by atoms with Gasteiger partial charge in [0.25, 0.3) is 5.91 Å². The van der Waals surface area contributed by atoms with Crippen LogP contribution in [0.1, 0.15) is 39.9 Å². The Morgan fingerprint density at radius 2 is 2.14 bits per heavy atom. The second kappa shape index (κ2) is 6.71. The van der Waals surface area contributed by atoms with Crippen LogP contribution in [0, 0.1) is 12.7 Å². The van der Waals surface area contributed by atoms with Crippen LogP contribution in [0.15, 0.2) is 46.9 Å². The predicted molar refractivity (Wildman–Crippen MR) is 108 cm³/mol. The molecule has 0 unspecified atom stereocenters. The third-order valence-corrected chi connectivity index (χ3v) is 6.66. The zero-order chi connectivity index (χ0) is 19.3. The van der Waals surface area contributed by atoms with Crippen molar-refractivity contribution in [1.29, 1.82) is 0 Å². The van der Waals surface area contributed by atoms with E-state index in [0.717, 1.165) is 23.4 Å². The molecule has 1 aliphatic rings. The number of para-hydroxylation sites is 1. The lowest BCUT2D eigenvalue weighted by Gasteiger charge is -2.31. The quantitative estimate of drug-likeness (QED) is 0.450. The van der Waals surface area contributed by atoms with Gasteiger partial charge >= 0.3 is 0 Å². The SMILES string of the molecule is Cc1c(C(=O)N2CCC[C@H](c3nc4ccccc4s3)C2)oc2ccc(F)cc12. The van der Waals surface area contributed by atoms with Gasteiger partial charge in [0.2, 0.25) is 0 Å². The Bertz CT molecular complexity index is 1160. The summed E-state index contributed by atoms with van der Waals surface area (Å²) in [5, 5.41) is 1.74. The minimum absolute atomic E-state index is 0.125. The molecule has 1 saturated heterocycles. The minimum Gasteiger partial charge on any atom is -0.451 e. The molecule has 2 aromatic carbocycles. The molecule has 0 N–H and O–H groups in total. The maximum absolute atomic E-state index is 13.6. The number of halogens is 1. The molecule has 1 aliphatic heterocycles. The van der Waals surface area contributed by atoms with Crippen LogP contribution >= 0.6 is 11.3 Å². The summed E-state index contributed by atoms with van der Waals surface area (Å²) in [5.41, 5.74) is 2.25. The van der Waals surface area contributed by atoms with E-state index in [0.29, 0.717) is 35.4 Å². The number of hydrogen-bond acceptors (Lipinski definition) is 4. The second-order valence-corrected chi connectivity index (χ2v) is 8.37. The molecule has 1 fully saturated rings. The molecular formula is C22H19FN2O2S. The van der Waals surface area contributed by atoms with Crippen LogP contribution in [0.2, 0.25) is 0 Å². The lowest BCUT2D eigenvalue weighted by molar-refractivity contribution is 0.0676. The fourth-order valence-corrected chi connectivity index (χ4v) is 5.06. The smallest absolute Gasteiger partial charge is 0.289 e. The van der Waals surface area contributed by atoms with E-state index in [1.807, 2.05) is 30.0 Å². The van der Waals surface area contributed by atoms with Gasteiger partial charge in [-0.2, -0.15) is 0 Å². The number of amides is 1. The molecule has 0 bridgehead atoms. The number of nitrogens with zero attached hydrogens (tertiary/aromatic N) is 2. The molecule has 0 aliphatic carbocycles. The monoisotopic (exact) mass is 394 g/mol. The van der Waals surface area contributed by atoms with Gasteiger partial charge in [0.15, 0.2) is 5.76 Å². The van der Waals surface area contributed by atoms with Crippen molar-refractivity contribution in [2.45, 2.75) is 25.7 Å². The average Bonchev–Trinajstić information content (AvgIpc) is 3.29. The Morgan fingerprint density at radius 1 is 1.29 bits per heavy atom. The van der Waals surface area contributed by atoms with Crippen molar-refractivity contribution in [3.05, 3.63) is 64.6 Å². The third-order valence-electron chi connectivity index (χ3n) is 5.46. The second-order valence-electron chi connectivity index (χ2n) is 7.31. The summed E-state index contributed by atoms with van der Waals surface area (Å²) < 4.78 is 20.5. The maximum atomic E-state index is 13.6. The van der Waals surface area contributed by atoms with E-state index in [1.54, 1.807) is 17.4 Å². The van der Waals surface area contributed by atoms with E-state index in [1.165, 1.54) is 16.8 Å². The Hall–Kier alpha value is -2.73. The number of thiazole rings is 1. The van der Waals surface area contributed by atoms with Gasteiger partial charge in [-0.05, 0) is 50.1 Å². The van der Waals surface area contributed by atoms with Gasteiger partial charge < -0.3 is 9.32 Å². The first kappa shape index (κ1) is 17.4. The van der Waals surface area contributed by atoms with Crippen molar-refractivity contribution in [2.75, 3.05) is 13.1 Å². The summed E-state index contributed by atoms with van der Waals surface area (Å²) in [6.45, 7) is 3.14. The fourth-order valence-electron chi connectivity index (χ4n) is 3.97. The standard InChI is InChI=1S/C22H19FN2O2S/c1-13-16-11-15(23)8-9-18(16)27-20(13)22(26)25-10-4-5-14(12-25)21-24-17-6-2-3-7-19(17)28-21/h2-3,6-9,11,14H,4-5,10,12H2,1H3/t14-/m0/s1. The van der Waals surface area contributed by atoms with Crippen molar-refractivity contribution in [3.8, 4) is 0 Å². The number of benzene rings is 2. The van der Waals surface area contributed by atoms with Crippen molar-refractivity contribution in [2.24, 2.45) is 0 Å². The molecule has 5 rings (SSSR count). The van der Waals surface area contributed by atoms with Crippen molar-refractivity contribution in [1.82, 2.24) is 9.88 Å². The highest BCUT2D eigenvalue weighted by molar-refractivity contribution is 7.18. The molecule has 1 atom stereocenters. The molecule has 28 heavy (non-hydrogen) atoms. The van der Waals surface area contributed by atoms with E-state index >= 15 is 0 Å². The highest BCUT2D eigenvalue weighted by Gasteiger charge is 2.30. The number of carbonyl (C=O) groups excluding carboxylic acids is 1. The van der Waals surface area contributed by atoms with E-state index in [2.05, 4.69) is 6.07 Å². The van der Waals surface area contributed by atoms with Crippen molar-refractivity contribution in [3.63, 3.8) is 0 Å². The first-order chi connectivity index (χ1) is 13.6. The first-order valence-corrected chi connectivity index (χ1v) is 10.2. The number of piperidine rings is 1. The van der Waals surface area contributed by atoms with Gasteiger partial charge in [-0.15, -0.1) is 11.3 Å². The number of aryl methyl sites for hydroxylation is 1. The zero-order valence-electron chi connectivity index (χ0n) is 15.4. The number of aromatic nitrogens is 1. The molecule has 0 spiro atoms. The number of rotatable bonds is 2. The molecule has 6 heteroatoms. The lowest BCUT2D eigenvalue weighted by Crippen LogP contribution is -2.39. The zero-order valence-corrected chi connectivity index (χ0v) is 16.3. The number of hydrogen-bond donors (Lipinski definition) is 0. The van der Waals surface area contributed by atoms with Crippen LogP contribution < -0.4 is 0 Å². The number of carbonyl (C=O) groups is 1. The van der Waals surface area contributed by atoms with Gasteiger partial charge in [-0.25, -0.2) is 9.37 Å². The van der Waals surface area contributed by atoms with Crippen LogP contribution in [-0.4, -0.2) is 28.9 Å². The minimum atomic E-state index is -0.329. The summed E-state index contributed by atoms with van der Waals surface area (Å²) in [4.78, 5) is 19.8. The van der Waals surface area contributed by atoms with Gasteiger partial charge in [0.05, 0.1) is 15.2 Å². The topological polar surface area (TPSA) is 46.3 Å². The van der Waals surface area contributed by atoms with Crippen LogP contribution in [0.25, 0.3) is 21.2 Å². The maximum Gasteiger partial charge on any atom is 0.289 e. The van der Waals surface area contributed by atoms with Crippen molar-refractivity contribution >= 4 is 38.4 Å². The predicted octanol–water partition coefficient (Wildman–Crippen LogP) is 5.51. The summed E-state index contributed by atoms with van der Waals surface area (Å²) >= 11 is 1.71. The Balaban J connectivity index is 1.43. The summed E-state index contributed by atoms with van der Waals surface area (Å²) in [6.07, 6.45) is 1.95. The van der Waals surface area contributed by atoms with Crippen LogP contribution in [0.5, 0.6) is 0 Å². The van der Waals surface area contributed by atoms with Gasteiger partial charge in [-0.1, -0.05) is 12.1 Å². The Morgan fingerprint density at radius 3 is 3.00 bits per heavy atom. The Kier molecular flexibility index (Phi) is 4.16. The average molecular weight is 394 g/mol. The van der Waals surface area contributed by atoms with E-state index in [9.17, 15) is 9.18 Å². The number of furan rings is 1. The molecular weight excluding hydrogens is 375 g/mol. The normalized spacial score (nSPS) is 17.5. The molecule has 0 radical (unpaired) electrons. The van der Waals surface area contributed by atoms with Crippen LogP contribution in [0.3, 0.4) is 0 Å². The van der Waals surface area contributed by atoms with E-state index < -0.39 is 0 Å². The van der Waals surface area contributed by atoms with E-state index in [-0.39, 0.29) is 17.6 Å².